The summed E-state index contributed by atoms with van der Waals surface area (Å²) in [5.41, 5.74) is 0.328. The Kier molecular flexibility index (Phi) is 8.67. The van der Waals surface area contributed by atoms with Crippen molar-refractivity contribution >= 4 is 12.0 Å². The molecule has 0 aliphatic heterocycles. The maximum absolute atomic E-state index is 12.5. The van der Waals surface area contributed by atoms with Gasteiger partial charge in [0.05, 0.1) is 7.11 Å². The first-order valence-corrected chi connectivity index (χ1v) is 7.24. The van der Waals surface area contributed by atoms with Crippen molar-refractivity contribution in [1.82, 2.24) is 5.32 Å². The zero-order valence-electron chi connectivity index (χ0n) is 13.2. The van der Waals surface area contributed by atoms with E-state index in [2.05, 4.69) is 10.1 Å². The molecule has 0 unspecified atom stereocenters. The molecule has 1 aromatic carbocycles. The number of carbonyl (C=O) groups excluding carboxylic acids is 1. The molecule has 0 saturated heterocycles. The Morgan fingerprint density at radius 2 is 2.17 bits per heavy atom. The second kappa shape index (κ2) is 10.6. The molecule has 0 fully saturated rings. The molecule has 5 nitrogen and oxygen atoms in total. The highest BCUT2D eigenvalue weighted by molar-refractivity contribution is 5.92. The van der Waals surface area contributed by atoms with Crippen LogP contribution in [0.2, 0.25) is 0 Å². The highest BCUT2D eigenvalue weighted by Gasteiger charge is 2.13. The second-order valence-corrected chi connectivity index (χ2v) is 4.43. The van der Waals surface area contributed by atoms with E-state index in [1.165, 1.54) is 25.3 Å². The topological polar surface area (TPSA) is 56.8 Å². The Hall–Kier alpha value is -2.15. The van der Waals surface area contributed by atoms with Crippen molar-refractivity contribution < 1.29 is 27.8 Å². The number of halogens is 2. The summed E-state index contributed by atoms with van der Waals surface area (Å²) in [5.74, 6) is -0.262. The van der Waals surface area contributed by atoms with E-state index in [0.717, 1.165) is 0 Å². The lowest BCUT2D eigenvalue weighted by molar-refractivity contribution is -0.116. The van der Waals surface area contributed by atoms with Crippen LogP contribution in [-0.2, 0) is 9.53 Å². The van der Waals surface area contributed by atoms with Crippen LogP contribution in [0.5, 0.6) is 11.5 Å². The fraction of sp³-hybridized carbons (Fsp3) is 0.438. The van der Waals surface area contributed by atoms with Gasteiger partial charge in [-0.25, -0.2) is 0 Å². The van der Waals surface area contributed by atoms with Crippen molar-refractivity contribution in [2.75, 3.05) is 26.9 Å². The van der Waals surface area contributed by atoms with Crippen molar-refractivity contribution in [2.24, 2.45) is 0 Å². The zero-order chi connectivity index (χ0) is 17.1. The SMILES string of the molecule is CCOCCCNC(=O)/C=C\c1cccc(OC)c1OC(F)F. The minimum Gasteiger partial charge on any atom is -0.493 e. The minimum absolute atomic E-state index is 0.106. The standard InChI is InChI=1S/C16H21F2NO4/c1-3-22-11-5-10-19-14(20)9-8-12-6-4-7-13(21-2)15(12)23-16(17)18/h4,6-9,16H,3,5,10-11H2,1-2H3,(H,19,20)/b9-8-. The van der Waals surface area contributed by atoms with Crippen molar-refractivity contribution in [2.45, 2.75) is 20.0 Å². The zero-order valence-corrected chi connectivity index (χ0v) is 13.2. The van der Waals surface area contributed by atoms with E-state index in [1.807, 2.05) is 6.92 Å². The van der Waals surface area contributed by atoms with Gasteiger partial charge in [-0.05, 0) is 25.5 Å². The Morgan fingerprint density at radius 3 is 2.83 bits per heavy atom. The van der Waals surface area contributed by atoms with Crippen LogP contribution >= 0.6 is 0 Å². The molecule has 128 valence electrons. The summed E-state index contributed by atoms with van der Waals surface area (Å²) >= 11 is 0. The molecule has 1 N–H and O–H groups in total. The number of nitrogens with one attached hydrogen (secondary N) is 1. The molecule has 1 aromatic rings. The second-order valence-electron chi connectivity index (χ2n) is 4.43. The number of hydrogen-bond donors (Lipinski definition) is 1. The van der Waals surface area contributed by atoms with Gasteiger partial charge in [-0.1, -0.05) is 12.1 Å². The van der Waals surface area contributed by atoms with Crippen LogP contribution in [0.4, 0.5) is 8.78 Å². The average molecular weight is 329 g/mol. The van der Waals surface area contributed by atoms with E-state index in [0.29, 0.717) is 31.7 Å². The van der Waals surface area contributed by atoms with E-state index in [4.69, 9.17) is 9.47 Å². The number of ether oxygens (including phenoxy) is 3. The predicted molar refractivity (Wildman–Crippen MR) is 82.8 cm³/mol. The summed E-state index contributed by atoms with van der Waals surface area (Å²) in [6.45, 7) is 0.598. The average Bonchev–Trinajstić information content (AvgIpc) is 2.53. The third-order valence-electron chi connectivity index (χ3n) is 2.82. The summed E-state index contributed by atoms with van der Waals surface area (Å²) < 4.78 is 39.6. The molecular formula is C16H21F2NO4. The van der Waals surface area contributed by atoms with Gasteiger partial charge in [-0.2, -0.15) is 8.78 Å². The number of rotatable bonds is 10. The van der Waals surface area contributed by atoms with Crippen LogP contribution in [0.1, 0.15) is 18.9 Å². The predicted octanol–water partition coefficient (Wildman–Crippen LogP) is 2.85. The van der Waals surface area contributed by atoms with Gasteiger partial charge in [-0.15, -0.1) is 0 Å². The van der Waals surface area contributed by atoms with E-state index in [9.17, 15) is 13.6 Å². The monoisotopic (exact) mass is 329 g/mol. The molecule has 0 spiro atoms. The number of benzene rings is 1. The number of methoxy groups -OCH3 is 1. The number of para-hydroxylation sites is 1. The van der Waals surface area contributed by atoms with E-state index >= 15 is 0 Å². The summed E-state index contributed by atoms with van der Waals surface area (Å²) in [4.78, 5) is 11.7. The molecule has 0 aliphatic carbocycles. The lowest BCUT2D eigenvalue weighted by Gasteiger charge is -2.12. The van der Waals surface area contributed by atoms with Crippen LogP contribution in [0.25, 0.3) is 6.08 Å². The highest BCUT2D eigenvalue weighted by Crippen LogP contribution is 2.33. The van der Waals surface area contributed by atoms with Gasteiger partial charge in [0.25, 0.3) is 0 Å². The van der Waals surface area contributed by atoms with Crippen molar-refractivity contribution in [3.8, 4) is 11.5 Å². The largest absolute Gasteiger partial charge is 0.493 e. The molecule has 7 heteroatoms. The molecule has 0 bridgehead atoms. The first-order chi connectivity index (χ1) is 11.1. The number of hydrogen-bond acceptors (Lipinski definition) is 4. The molecule has 1 rings (SSSR count). The molecule has 0 aromatic heterocycles. The molecule has 0 aliphatic rings. The van der Waals surface area contributed by atoms with Gasteiger partial charge in [-0.3, -0.25) is 4.79 Å². The van der Waals surface area contributed by atoms with E-state index in [1.54, 1.807) is 12.1 Å². The smallest absolute Gasteiger partial charge is 0.387 e. The van der Waals surface area contributed by atoms with Gasteiger partial charge in [0.1, 0.15) is 0 Å². The van der Waals surface area contributed by atoms with Gasteiger partial charge >= 0.3 is 6.61 Å². The molecule has 23 heavy (non-hydrogen) atoms. The molecular weight excluding hydrogens is 308 g/mol. The fourth-order valence-electron chi connectivity index (χ4n) is 1.79. The maximum Gasteiger partial charge on any atom is 0.387 e. The maximum atomic E-state index is 12.5. The summed E-state index contributed by atoms with van der Waals surface area (Å²) in [7, 11) is 1.35. The Labute approximate surface area is 134 Å². The lowest BCUT2D eigenvalue weighted by Crippen LogP contribution is -2.23. The molecule has 0 radical (unpaired) electrons. The fourth-order valence-corrected chi connectivity index (χ4v) is 1.79. The minimum atomic E-state index is -2.98. The first kappa shape index (κ1) is 18.9. The van der Waals surface area contributed by atoms with Gasteiger partial charge in [0.2, 0.25) is 5.91 Å². The van der Waals surface area contributed by atoms with Gasteiger partial charge in [0, 0.05) is 31.4 Å². The Morgan fingerprint density at radius 1 is 1.39 bits per heavy atom. The van der Waals surface area contributed by atoms with E-state index < -0.39 is 6.61 Å². The molecule has 1 amide bonds. The van der Waals surface area contributed by atoms with Crippen molar-refractivity contribution in [1.29, 1.82) is 0 Å². The third kappa shape index (κ3) is 7.10. The van der Waals surface area contributed by atoms with Gasteiger partial charge in [0.15, 0.2) is 11.5 Å². The van der Waals surface area contributed by atoms with E-state index in [-0.39, 0.29) is 17.4 Å². The van der Waals surface area contributed by atoms with Crippen LogP contribution < -0.4 is 14.8 Å². The van der Waals surface area contributed by atoms with Gasteiger partial charge < -0.3 is 19.5 Å². The highest BCUT2D eigenvalue weighted by atomic mass is 19.3. The van der Waals surface area contributed by atoms with Crippen molar-refractivity contribution in [3.63, 3.8) is 0 Å². The number of alkyl halides is 2. The van der Waals surface area contributed by atoms with Crippen LogP contribution in [0, 0.1) is 0 Å². The number of carbonyl (C=O) groups is 1. The normalized spacial score (nSPS) is 11.0. The quantitative estimate of drug-likeness (QED) is 0.530. The lowest BCUT2D eigenvalue weighted by atomic mass is 10.1. The number of amides is 1. The summed E-state index contributed by atoms with van der Waals surface area (Å²) in [6, 6.07) is 4.68. The van der Waals surface area contributed by atoms with Crippen LogP contribution in [0.3, 0.4) is 0 Å². The Bertz CT molecular complexity index is 521. The molecule has 0 saturated carbocycles. The Balaban J connectivity index is 2.66. The van der Waals surface area contributed by atoms with Crippen molar-refractivity contribution in [3.05, 3.63) is 29.8 Å². The van der Waals surface area contributed by atoms with Crippen LogP contribution in [0.15, 0.2) is 24.3 Å². The third-order valence-corrected chi connectivity index (χ3v) is 2.82. The van der Waals surface area contributed by atoms with Crippen LogP contribution in [-0.4, -0.2) is 39.4 Å². The summed E-state index contributed by atoms with van der Waals surface area (Å²) in [5, 5.41) is 2.67. The first-order valence-electron chi connectivity index (χ1n) is 7.24. The molecule has 0 atom stereocenters. The summed E-state index contributed by atoms with van der Waals surface area (Å²) in [6.07, 6.45) is 3.36. The molecule has 0 heterocycles.